The van der Waals surface area contributed by atoms with Crippen molar-refractivity contribution in [2.75, 3.05) is 0 Å². The lowest BCUT2D eigenvalue weighted by Gasteiger charge is -2.26. The second-order valence-corrected chi connectivity index (χ2v) is 6.73. The third-order valence-electron chi connectivity index (χ3n) is 1.70. The Morgan fingerprint density at radius 3 is 2.47 bits per heavy atom. The van der Waals surface area contributed by atoms with Gasteiger partial charge in [0.25, 0.3) is 0 Å². The Hall–Kier alpha value is -0.730. The number of rotatable bonds is 1. The number of carboxylic acids is 1. The van der Waals surface area contributed by atoms with Crippen LogP contribution >= 0.6 is 27.7 Å². The van der Waals surface area contributed by atoms with E-state index < -0.39 is 23.2 Å². The Bertz CT molecular complexity index is 391. The molecule has 17 heavy (non-hydrogen) atoms. The van der Waals surface area contributed by atoms with Crippen molar-refractivity contribution in [3.05, 3.63) is 9.51 Å². The van der Waals surface area contributed by atoms with Gasteiger partial charge in [-0.3, -0.25) is 0 Å². The second-order valence-electron chi connectivity index (χ2n) is 4.29. The summed E-state index contributed by atoms with van der Waals surface area (Å²) < 4.78 is 5.40. The summed E-state index contributed by atoms with van der Waals surface area (Å²) in [5, 5.41) is 9.01. The van der Waals surface area contributed by atoms with E-state index in [0.717, 1.165) is 16.7 Å². The van der Waals surface area contributed by atoms with Crippen LogP contribution in [0.25, 0.3) is 0 Å². The third-order valence-corrected chi connectivity index (χ3v) is 3.49. The summed E-state index contributed by atoms with van der Waals surface area (Å²) in [6.07, 6.45) is -0.774. The SMILES string of the molecule is CC(C)(C)OC(=O)N1C(C(=O)O)=C(Br)S[C@H]1N. The van der Waals surface area contributed by atoms with E-state index in [1.54, 1.807) is 20.8 Å². The highest BCUT2D eigenvalue weighted by atomic mass is 79.9. The quantitative estimate of drug-likeness (QED) is 0.764. The Balaban J connectivity index is 2.96. The molecule has 96 valence electrons. The molecular weight excluding hydrogens is 312 g/mol. The number of ether oxygens (including phenoxy) is 1. The van der Waals surface area contributed by atoms with E-state index in [4.69, 9.17) is 15.6 Å². The minimum atomic E-state index is -1.23. The molecule has 0 radical (unpaired) electrons. The minimum absolute atomic E-state index is 0.197. The van der Waals surface area contributed by atoms with E-state index in [9.17, 15) is 9.59 Å². The van der Waals surface area contributed by atoms with Crippen molar-refractivity contribution in [3.8, 4) is 0 Å². The van der Waals surface area contributed by atoms with E-state index in [1.165, 1.54) is 0 Å². The first-order chi connectivity index (χ1) is 7.63. The highest BCUT2D eigenvalue weighted by Crippen LogP contribution is 2.40. The van der Waals surface area contributed by atoms with E-state index in [1.807, 2.05) is 0 Å². The lowest BCUT2D eigenvalue weighted by Crippen LogP contribution is -2.44. The molecule has 0 aromatic heterocycles. The number of hydrogen-bond acceptors (Lipinski definition) is 5. The number of nitrogens with two attached hydrogens (primary N) is 1. The maximum Gasteiger partial charge on any atom is 0.417 e. The fraction of sp³-hybridized carbons (Fsp3) is 0.556. The summed E-state index contributed by atoms with van der Waals surface area (Å²) in [6.45, 7) is 5.08. The van der Waals surface area contributed by atoms with Crippen molar-refractivity contribution < 1.29 is 19.4 Å². The number of aliphatic carboxylic acids is 1. The van der Waals surface area contributed by atoms with Gasteiger partial charge in [0.1, 0.15) is 11.1 Å². The molecule has 6 nitrogen and oxygen atoms in total. The van der Waals surface area contributed by atoms with Crippen LogP contribution in [0.15, 0.2) is 9.51 Å². The van der Waals surface area contributed by atoms with E-state index in [-0.39, 0.29) is 5.70 Å². The number of halogens is 1. The molecule has 0 spiro atoms. The molecule has 0 bridgehead atoms. The molecule has 0 fully saturated rings. The molecular formula is C9H13BrN2O4S. The number of carbonyl (C=O) groups excluding carboxylic acids is 1. The van der Waals surface area contributed by atoms with E-state index >= 15 is 0 Å². The molecule has 1 amide bonds. The first kappa shape index (κ1) is 14.3. The highest BCUT2D eigenvalue weighted by Gasteiger charge is 2.40. The van der Waals surface area contributed by atoms with Crippen molar-refractivity contribution in [2.24, 2.45) is 5.73 Å². The van der Waals surface area contributed by atoms with Crippen LogP contribution in [0.3, 0.4) is 0 Å². The number of thioether (sulfide) groups is 1. The first-order valence-corrected chi connectivity index (χ1v) is 6.38. The van der Waals surface area contributed by atoms with Gasteiger partial charge in [-0.05, 0) is 36.7 Å². The molecule has 3 N–H and O–H groups in total. The molecule has 1 aliphatic heterocycles. The van der Waals surface area contributed by atoms with Crippen LogP contribution in [0.1, 0.15) is 20.8 Å². The lowest BCUT2D eigenvalue weighted by molar-refractivity contribution is -0.134. The molecule has 1 heterocycles. The molecule has 1 atom stereocenters. The van der Waals surface area contributed by atoms with Crippen LogP contribution in [-0.4, -0.2) is 33.2 Å². The Morgan fingerprint density at radius 2 is 2.06 bits per heavy atom. The average Bonchev–Trinajstić information content (AvgIpc) is 2.37. The van der Waals surface area contributed by atoms with Gasteiger partial charge < -0.3 is 15.6 Å². The van der Waals surface area contributed by atoms with Gasteiger partial charge in [-0.1, -0.05) is 11.8 Å². The third kappa shape index (κ3) is 3.36. The maximum absolute atomic E-state index is 11.8. The lowest BCUT2D eigenvalue weighted by atomic mass is 10.2. The standard InChI is InChI=1S/C9H13BrN2O4S/c1-9(2,3)16-8(15)12-4(6(13)14)5(10)17-7(12)11/h7H,11H2,1-3H3,(H,13,14)/t7-/m0/s1. The fourth-order valence-electron chi connectivity index (χ4n) is 1.13. The van der Waals surface area contributed by atoms with Gasteiger partial charge >= 0.3 is 12.1 Å². The molecule has 0 aromatic rings. The van der Waals surface area contributed by atoms with Gasteiger partial charge in [-0.15, -0.1) is 0 Å². The first-order valence-electron chi connectivity index (χ1n) is 4.71. The van der Waals surface area contributed by atoms with Crippen LogP contribution in [0.5, 0.6) is 0 Å². The number of amides is 1. The summed E-state index contributed by atoms with van der Waals surface area (Å²) in [7, 11) is 0. The molecule has 0 aliphatic carbocycles. The molecule has 1 rings (SSSR count). The van der Waals surface area contributed by atoms with E-state index in [0.29, 0.717) is 3.81 Å². The van der Waals surface area contributed by atoms with Crippen LogP contribution < -0.4 is 5.73 Å². The predicted octanol–water partition coefficient (Wildman–Crippen LogP) is 1.86. The van der Waals surface area contributed by atoms with Crippen LogP contribution in [0.2, 0.25) is 0 Å². The summed E-state index contributed by atoms with van der Waals surface area (Å²) in [5.41, 5.74) is 3.96. The smallest absolute Gasteiger partial charge is 0.417 e. The van der Waals surface area contributed by atoms with Crippen molar-refractivity contribution >= 4 is 39.8 Å². The van der Waals surface area contributed by atoms with Crippen LogP contribution in [-0.2, 0) is 9.53 Å². The molecule has 1 aliphatic rings. The summed E-state index contributed by atoms with van der Waals surface area (Å²) in [6, 6.07) is 0. The average molecular weight is 325 g/mol. The predicted molar refractivity (Wildman–Crippen MR) is 67.2 cm³/mol. The van der Waals surface area contributed by atoms with Gasteiger partial charge in [-0.2, -0.15) is 0 Å². The Kier molecular flexibility index (Phi) is 4.11. The Labute approximate surface area is 111 Å². The number of hydrogen-bond donors (Lipinski definition) is 2. The van der Waals surface area contributed by atoms with Gasteiger partial charge in [0.2, 0.25) is 0 Å². The van der Waals surface area contributed by atoms with Crippen molar-refractivity contribution in [1.82, 2.24) is 4.90 Å². The van der Waals surface area contributed by atoms with Gasteiger partial charge in [-0.25, -0.2) is 14.5 Å². The van der Waals surface area contributed by atoms with Crippen molar-refractivity contribution in [3.63, 3.8) is 0 Å². The van der Waals surface area contributed by atoms with Crippen LogP contribution in [0, 0.1) is 0 Å². The number of nitrogens with zero attached hydrogens (tertiary/aromatic N) is 1. The molecule has 0 aromatic carbocycles. The Morgan fingerprint density at radius 1 is 1.53 bits per heavy atom. The molecule has 0 saturated carbocycles. The van der Waals surface area contributed by atoms with Crippen molar-refractivity contribution in [2.45, 2.75) is 31.9 Å². The largest absolute Gasteiger partial charge is 0.477 e. The molecule has 0 saturated heterocycles. The molecule has 8 heteroatoms. The topological polar surface area (TPSA) is 92.9 Å². The monoisotopic (exact) mass is 324 g/mol. The zero-order valence-electron chi connectivity index (χ0n) is 9.56. The minimum Gasteiger partial charge on any atom is -0.477 e. The normalized spacial score (nSPS) is 20.8. The maximum atomic E-state index is 11.8. The summed E-state index contributed by atoms with van der Waals surface area (Å²) >= 11 is 4.10. The fourth-order valence-corrected chi connectivity index (χ4v) is 2.87. The molecule has 0 unspecified atom stereocenters. The summed E-state index contributed by atoms with van der Waals surface area (Å²) in [5.74, 6) is -1.23. The number of carboxylic acid groups (broad SMARTS) is 1. The van der Waals surface area contributed by atoms with Gasteiger partial charge in [0.05, 0.1) is 3.81 Å². The van der Waals surface area contributed by atoms with Gasteiger partial charge in [0.15, 0.2) is 5.70 Å². The van der Waals surface area contributed by atoms with E-state index in [2.05, 4.69) is 15.9 Å². The highest BCUT2D eigenvalue weighted by molar-refractivity contribution is 9.14. The van der Waals surface area contributed by atoms with Gasteiger partial charge in [0, 0.05) is 0 Å². The second kappa shape index (κ2) is 4.87. The van der Waals surface area contributed by atoms with Crippen molar-refractivity contribution in [1.29, 1.82) is 0 Å². The van der Waals surface area contributed by atoms with Crippen LogP contribution in [0.4, 0.5) is 4.79 Å². The zero-order chi connectivity index (χ0) is 13.4. The number of carbonyl (C=O) groups is 2. The zero-order valence-corrected chi connectivity index (χ0v) is 12.0. The summed E-state index contributed by atoms with van der Waals surface area (Å²) in [4.78, 5) is 23.8.